The first-order valence-electron chi connectivity index (χ1n) is 10.1. The van der Waals surface area contributed by atoms with Crippen molar-refractivity contribution in [1.29, 1.82) is 0 Å². The smallest absolute Gasteiger partial charge is 0.236 e. The summed E-state index contributed by atoms with van der Waals surface area (Å²) in [5, 5.41) is 2.72. The van der Waals surface area contributed by atoms with Crippen LogP contribution in [0, 0.1) is 5.92 Å². The molecule has 1 aromatic carbocycles. The molecule has 0 aliphatic heterocycles. The van der Waals surface area contributed by atoms with E-state index in [0.717, 1.165) is 49.1 Å². The number of benzene rings is 1. The van der Waals surface area contributed by atoms with Crippen LogP contribution in [0.2, 0.25) is 0 Å². The largest absolute Gasteiger partial charge is 0.355 e. The minimum absolute atomic E-state index is 0.0431. The molecule has 0 unspecified atom stereocenters. The lowest BCUT2D eigenvalue weighted by molar-refractivity contribution is -0.118. The van der Waals surface area contributed by atoms with Crippen LogP contribution in [0.3, 0.4) is 0 Å². The second-order valence-corrected chi connectivity index (χ2v) is 9.45. The van der Waals surface area contributed by atoms with Crippen LogP contribution in [-0.2, 0) is 27.8 Å². The zero-order valence-electron chi connectivity index (χ0n) is 16.6. The molecule has 1 fully saturated rings. The highest BCUT2D eigenvalue weighted by molar-refractivity contribution is 7.90. The van der Waals surface area contributed by atoms with Crippen LogP contribution < -0.4 is 10.0 Å². The third-order valence-electron chi connectivity index (χ3n) is 5.40. The van der Waals surface area contributed by atoms with E-state index in [1.54, 1.807) is 0 Å². The van der Waals surface area contributed by atoms with Gasteiger partial charge >= 0.3 is 0 Å². The topological polar surface area (TPSA) is 93.1 Å². The van der Waals surface area contributed by atoms with E-state index in [0.29, 0.717) is 18.9 Å². The molecule has 1 amide bonds. The number of amides is 1. The highest BCUT2D eigenvalue weighted by Crippen LogP contribution is 2.23. The third-order valence-corrected chi connectivity index (χ3v) is 6.74. The van der Waals surface area contributed by atoms with Crippen molar-refractivity contribution in [2.24, 2.45) is 5.92 Å². The lowest BCUT2D eigenvalue weighted by Gasteiger charge is -2.26. The lowest BCUT2D eigenvalue weighted by Crippen LogP contribution is -2.42. The van der Waals surface area contributed by atoms with Gasteiger partial charge in [0, 0.05) is 25.6 Å². The number of hydrogen-bond acceptors (Lipinski definition) is 4. The number of sulfonamides is 1. The molecule has 1 saturated carbocycles. The second kappa shape index (κ2) is 9.05. The number of para-hydroxylation sites is 2. The molecule has 2 N–H and O–H groups in total. The van der Waals surface area contributed by atoms with E-state index in [4.69, 9.17) is 0 Å². The quantitative estimate of drug-likeness (QED) is 0.703. The molecule has 2 aromatic rings. The SMILES string of the molecule is CCn1c(CCNC(=O)CS(=O)(=O)NC2CCC(C)CC2)nc2ccccc21. The van der Waals surface area contributed by atoms with E-state index in [1.165, 1.54) is 0 Å². The van der Waals surface area contributed by atoms with Gasteiger partial charge in [0.2, 0.25) is 15.9 Å². The normalized spacial score (nSPS) is 20.4. The van der Waals surface area contributed by atoms with E-state index >= 15 is 0 Å². The van der Waals surface area contributed by atoms with Crippen LogP contribution in [0.4, 0.5) is 0 Å². The van der Waals surface area contributed by atoms with E-state index in [1.807, 2.05) is 24.3 Å². The summed E-state index contributed by atoms with van der Waals surface area (Å²) < 4.78 is 29.3. The predicted molar refractivity (Wildman–Crippen MR) is 110 cm³/mol. The van der Waals surface area contributed by atoms with Gasteiger partial charge < -0.3 is 9.88 Å². The lowest BCUT2D eigenvalue weighted by atomic mass is 9.88. The zero-order valence-corrected chi connectivity index (χ0v) is 17.5. The molecular weight excluding hydrogens is 376 g/mol. The Morgan fingerprint density at radius 2 is 1.93 bits per heavy atom. The van der Waals surface area contributed by atoms with Crippen molar-refractivity contribution in [3.63, 3.8) is 0 Å². The Labute approximate surface area is 167 Å². The maximum atomic E-state index is 12.3. The van der Waals surface area contributed by atoms with Crippen molar-refractivity contribution in [3.05, 3.63) is 30.1 Å². The molecule has 8 heteroatoms. The number of nitrogens with one attached hydrogen (secondary N) is 2. The second-order valence-electron chi connectivity index (χ2n) is 7.69. The fraction of sp³-hybridized carbons (Fsp3) is 0.600. The number of aryl methyl sites for hydroxylation is 1. The van der Waals surface area contributed by atoms with Gasteiger partial charge in [-0.1, -0.05) is 19.1 Å². The summed E-state index contributed by atoms with van der Waals surface area (Å²) in [5.74, 6) is 0.539. The van der Waals surface area contributed by atoms with Crippen molar-refractivity contribution in [2.45, 2.75) is 58.5 Å². The predicted octanol–water partition coefficient (Wildman–Crippen LogP) is 2.21. The monoisotopic (exact) mass is 406 g/mol. The molecule has 0 radical (unpaired) electrons. The Morgan fingerprint density at radius 3 is 2.64 bits per heavy atom. The standard InChI is InChI=1S/C20H30N4O3S/c1-3-24-18-7-5-4-6-17(18)22-19(24)12-13-21-20(25)14-28(26,27)23-16-10-8-15(2)9-11-16/h4-7,15-16,23H,3,8-14H2,1-2H3,(H,21,25). The van der Waals surface area contributed by atoms with Crippen LogP contribution >= 0.6 is 0 Å². The average molecular weight is 407 g/mol. The van der Waals surface area contributed by atoms with Crippen LogP contribution in [0.1, 0.15) is 45.4 Å². The van der Waals surface area contributed by atoms with Crippen molar-refractivity contribution in [2.75, 3.05) is 12.3 Å². The Balaban J connectivity index is 1.49. The number of imidazole rings is 1. The Bertz CT molecular complexity index is 915. The van der Waals surface area contributed by atoms with Gasteiger partial charge in [0.25, 0.3) is 0 Å². The number of hydrogen-bond donors (Lipinski definition) is 2. The molecule has 1 heterocycles. The summed E-state index contributed by atoms with van der Waals surface area (Å²) in [6.45, 7) is 5.39. The summed E-state index contributed by atoms with van der Waals surface area (Å²) >= 11 is 0. The molecule has 0 spiro atoms. The van der Waals surface area contributed by atoms with Crippen LogP contribution in [0.25, 0.3) is 11.0 Å². The van der Waals surface area contributed by atoms with Gasteiger partial charge in [-0.15, -0.1) is 0 Å². The van der Waals surface area contributed by atoms with Gasteiger partial charge in [-0.3, -0.25) is 4.79 Å². The molecule has 1 aliphatic rings. The van der Waals surface area contributed by atoms with Gasteiger partial charge in [0.1, 0.15) is 11.6 Å². The van der Waals surface area contributed by atoms with Gasteiger partial charge in [-0.05, 0) is 50.7 Å². The minimum atomic E-state index is -3.61. The van der Waals surface area contributed by atoms with E-state index in [-0.39, 0.29) is 6.04 Å². The molecule has 1 aromatic heterocycles. The fourth-order valence-corrected chi connectivity index (χ4v) is 5.15. The summed E-state index contributed by atoms with van der Waals surface area (Å²) in [5.41, 5.74) is 2.00. The van der Waals surface area contributed by atoms with Gasteiger partial charge in [0.05, 0.1) is 11.0 Å². The summed E-state index contributed by atoms with van der Waals surface area (Å²) in [6, 6.07) is 7.88. The first kappa shape index (κ1) is 20.8. The molecule has 0 saturated heterocycles. The number of nitrogens with zero attached hydrogens (tertiary/aromatic N) is 2. The minimum Gasteiger partial charge on any atom is -0.355 e. The third kappa shape index (κ3) is 5.32. The first-order valence-corrected chi connectivity index (χ1v) is 11.7. The van der Waals surface area contributed by atoms with Crippen molar-refractivity contribution >= 4 is 27.0 Å². The summed E-state index contributed by atoms with van der Waals surface area (Å²) in [4.78, 5) is 16.7. The average Bonchev–Trinajstić information content (AvgIpc) is 3.00. The van der Waals surface area contributed by atoms with E-state index in [2.05, 4.69) is 33.4 Å². The van der Waals surface area contributed by atoms with E-state index in [9.17, 15) is 13.2 Å². The Morgan fingerprint density at radius 1 is 1.21 bits per heavy atom. The van der Waals surface area contributed by atoms with Crippen molar-refractivity contribution in [3.8, 4) is 0 Å². The van der Waals surface area contributed by atoms with Gasteiger partial charge in [-0.25, -0.2) is 18.1 Å². The van der Waals surface area contributed by atoms with Crippen LogP contribution in [0.5, 0.6) is 0 Å². The van der Waals surface area contributed by atoms with E-state index < -0.39 is 21.7 Å². The summed E-state index contributed by atoms with van der Waals surface area (Å²) in [7, 11) is -3.61. The van der Waals surface area contributed by atoms with Gasteiger partial charge in [-0.2, -0.15) is 0 Å². The number of aromatic nitrogens is 2. The first-order chi connectivity index (χ1) is 13.4. The van der Waals surface area contributed by atoms with Crippen molar-refractivity contribution < 1.29 is 13.2 Å². The molecule has 154 valence electrons. The van der Waals surface area contributed by atoms with Crippen molar-refractivity contribution in [1.82, 2.24) is 19.6 Å². The van der Waals surface area contributed by atoms with Gasteiger partial charge in [0.15, 0.2) is 0 Å². The number of fused-ring (bicyclic) bond motifs is 1. The number of carbonyl (C=O) groups is 1. The highest BCUT2D eigenvalue weighted by Gasteiger charge is 2.24. The molecule has 0 atom stereocenters. The Hall–Kier alpha value is -1.93. The molecule has 0 bridgehead atoms. The fourth-order valence-electron chi connectivity index (χ4n) is 3.88. The number of carbonyl (C=O) groups excluding carboxylic acids is 1. The highest BCUT2D eigenvalue weighted by atomic mass is 32.2. The molecule has 3 rings (SSSR count). The molecule has 1 aliphatic carbocycles. The Kier molecular flexibility index (Phi) is 6.72. The van der Waals surface area contributed by atoms with Crippen LogP contribution in [0.15, 0.2) is 24.3 Å². The van der Waals surface area contributed by atoms with Crippen LogP contribution in [-0.4, -0.2) is 42.2 Å². The molecular formula is C20H30N4O3S. The zero-order chi connectivity index (χ0) is 20.1. The molecule has 7 nitrogen and oxygen atoms in total. The number of rotatable bonds is 8. The summed E-state index contributed by atoms with van der Waals surface area (Å²) in [6.07, 6.45) is 4.29. The maximum Gasteiger partial charge on any atom is 0.236 e. The molecule has 28 heavy (non-hydrogen) atoms. The maximum absolute atomic E-state index is 12.3.